The molecule has 4 aliphatic rings. The average Bonchev–Trinajstić information content (AvgIpc) is 2.91. The highest BCUT2D eigenvalue weighted by molar-refractivity contribution is 6.47. The number of hydrogen-bond acceptors (Lipinski definition) is 3. The average molecular weight is 367 g/mol. The van der Waals surface area contributed by atoms with Gasteiger partial charge in [-0.2, -0.15) is 13.2 Å². The zero-order valence-corrected chi connectivity index (χ0v) is 15.3. The van der Waals surface area contributed by atoms with Crippen LogP contribution in [0.25, 0.3) is 0 Å². The number of alkyl halides is 3. The SMILES string of the molecule is CC1(C)[C@@H]2C[C@H]3OB([C@@H](N)Cc4ccc(C(F)(F)F)cc4)O[C@@]3(C)[C@H]1C2. The van der Waals surface area contributed by atoms with Gasteiger partial charge in [0.25, 0.3) is 0 Å². The molecule has 4 fully saturated rings. The van der Waals surface area contributed by atoms with Crippen molar-refractivity contribution in [2.75, 3.05) is 0 Å². The van der Waals surface area contributed by atoms with E-state index in [1.54, 1.807) is 0 Å². The Hall–Kier alpha value is -1.05. The molecule has 7 heteroatoms. The predicted molar refractivity (Wildman–Crippen MR) is 93.2 cm³/mol. The summed E-state index contributed by atoms with van der Waals surface area (Å²) in [6.45, 7) is 6.72. The maximum absolute atomic E-state index is 12.7. The van der Waals surface area contributed by atoms with Gasteiger partial charge in [0, 0.05) is 5.94 Å². The summed E-state index contributed by atoms with van der Waals surface area (Å²) in [7, 11) is -0.512. The molecule has 0 radical (unpaired) electrons. The third kappa shape index (κ3) is 2.71. The van der Waals surface area contributed by atoms with Crippen LogP contribution >= 0.6 is 0 Å². The topological polar surface area (TPSA) is 44.5 Å². The molecule has 0 spiro atoms. The molecule has 1 aliphatic heterocycles. The minimum Gasteiger partial charge on any atom is -0.404 e. The fourth-order valence-corrected chi connectivity index (χ4v) is 5.28. The number of hydrogen-bond donors (Lipinski definition) is 1. The Morgan fingerprint density at radius 3 is 2.42 bits per heavy atom. The lowest BCUT2D eigenvalue weighted by Crippen LogP contribution is -2.65. The third-order valence-electron chi connectivity index (χ3n) is 7.07. The number of rotatable bonds is 3. The summed E-state index contributed by atoms with van der Waals surface area (Å²) < 4.78 is 50.5. The van der Waals surface area contributed by atoms with E-state index in [4.69, 9.17) is 15.0 Å². The fourth-order valence-electron chi connectivity index (χ4n) is 5.28. The molecule has 3 nitrogen and oxygen atoms in total. The van der Waals surface area contributed by atoms with E-state index in [9.17, 15) is 13.2 Å². The molecular weight excluding hydrogens is 342 g/mol. The fraction of sp³-hybridized carbons (Fsp3) is 0.684. The van der Waals surface area contributed by atoms with Gasteiger partial charge >= 0.3 is 13.3 Å². The van der Waals surface area contributed by atoms with Gasteiger partial charge in [-0.15, -0.1) is 0 Å². The van der Waals surface area contributed by atoms with Crippen LogP contribution in [-0.2, 0) is 21.9 Å². The van der Waals surface area contributed by atoms with Crippen LogP contribution in [0.3, 0.4) is 0 Å². The third-order valence-corrected chi connectivity index (χ3v) is 7.07. The number of nitrogens with two attached hydrogens (primary N) is 1. The minimum atomic E-state index is -4.32. The molecule has 0 aromatic heterocycles. The Kier molecular flexibility index (Phi) is 4.03. The molecule has 3 saturated carbocycles. The van der Waals surface area contributed by atoms with Gasteiger partial charge in [-0.3, -0.25) is 0 Å². The van der Waals surface area contributed by atoms with Crippen molar-refractivity contribution in [2.45, 2.75) is 63.9 Å². The minimum absolute atomic E-state index is 0.0583. The van der Waals surface area contributed by atoms with Crippen molar-refractivity contribution in [3.05, 3.63) is 35.4 Å². The van der Waals surface area contributed by atoms with Crippen LogP contribution in [0.1, 0.15) is 44.7 Å². The van der Waals surface area contributed by atoms with E-state index in [-0.39, 0.29) is 17.1 Å². The first-order chi connectivity index (χ1) is 12.0. The summed E-state index contributed by atoms with van der Waals surface area (Å²) in [4.78, 5) is 0. The second-order valence-corrected chi connectivity index (χ2v) is 8.90. The lowest BCUT2D eigenvalue weighted by atomic mass is 9.43. The van der Waals surface area contributed by atoms with Gasteiger partial charge in [-0.1, -0.05) is 26.0 Å². The summed E-state index contributed by atoms with van der Waals surface area (Å²) >= 11 is 0. The molecule has 1 aromatic rings. The van der Waals surface area contributed by atoms with Gasteiger partial charge in [-0.05, 0) is 61.1 Å². The van der Waals surface area contributed by atoms with Crippen LogP contribution in [0.5, 0.6) is 0 Å². The number of benzene rings is 1. The predicted octanol–water partition coefficient (Wildman–Crippen LogP) is 3.84. The van der Waals surface area contributed by atoms with Gasteiger partial charge in [0.2, 0.25) is 0 Å². The van der Waals surface area contributed by atoms with Crippen LogP contribution in [0, 0.1) is 17.3 Å². The Labute approximate surface area is 152 Å². The van der Waals surface area contributed by atoms with Crippen molar-refractivity contribution in [3.63, 3.8) is 0 Å². The van der Waals surface area contributed by atoms with Gasteiger partial charge in [0.15, 0.2) is 0 Å². The van der Waals surface area contributed by atoms with Crippen molar-refractivity contribution in [3.8, 4) is 0 Å². The molecule has 0 unspecified atom stereocenters. The molecule has 26 heavy (non-hydrogen) atoms. The second-order valence-electron chi connectivity index (χ2n) is 8.90. The molecule has 0 amide bonds. The Balaban J connectivity index is 1.43. The second kappa shape index (κ2) is 5.73. The molecular formula is C19H25BF3NO2. The Morgan fingerprint density at radius 2 is 1.85 bits per heavy atom. The normalized spacial score (nSPS) is 36.4. The highest BCUT2D eigenvalue weighted by Crippen LogP contribution is 2.65. The molecule has 142 valence electrons. The van der Waals surface area contributed by atoms with Crippen LogP contribution in [0.4, 0.5) is 13.2 Å². The first-order valence-corrected chi connectivity index (χ1v) is 9.27. The molecule has 3 aliphatic carbocycles. The molecule has 1 aromatic carbocycles. The summed E-state index contributed by atoms with van der Waals surface area (Å²) in [6, 6.07) is 5.15. The van der Waals surface area contributed by atoms with Crippen LogP contribution in [0.2, 0.25) is 0 Å². The van der Waals surface area contributed by atoms with E-state index >= 15 is 0 Å². The standard InChI is InChI=1S/C19H25BF3NO2/c1-17(2)13-9-14(17)18(3)15(10-13)25-20(26-18)16(24)8-11-4-6-12(7-5-11)19(21,22)23/h4-7,13-16H,8-10,24H2,1-3H3/t13-,14-,15+,16-,18-/m0/s1. The summed E-state index contributed by atoms with van der Waals surface area (Å²) in [5.41, 5.74) is 6.35. The molecule has 2 N–H and O–H groups in total. The van der Waals surface area contributed by atoms with E-state index in [1.165, 1.54) is 18.6 Å². The molecule has 1 heterocycles. The lowest BCUT2D eigenvalue weighted by Gasteiger charge is -2.64. The summed E-state index contributed by atoms with van der Waals surface area (Å²) in [5, 5.41) is 0. The van der Waals surface area contributed by atoms with Crippen molar-refractivity contribution in [2.24, 2.45) is 23.0 Å². The van der Waals surface area contributed by atoms with Gasteiger partial charge in [0.05, 0.1) is 17.3 Å². The van der Waals surface area contributed by atoms with Gasteiger partial charge in [0.1, 0.15) is 0 Å². The van der Waals surface area contributed by atoms with Gasteiger partial charge < -0.3 is 15.0 Å². The van der Waals surface area contributed by atoms with E-state index in [2.05, 4.69) is 20.8 Å². The largest absolute Gasteiger partial charge is 0.475 e. The summed E-state index contributed by atoms with van der Waals surface area (Å²) in [5.74, 6) is 0.718. The molecule has 2 bridgehead atoms. The van der Waals surface area contributed by atoms with Crippen molar-refractivity contribution in [1.82, 2.24) is 0 Å². The quantitative estimate of drug-likeness (QED) is 0.826. The van der Waals surface area contributed by atoms with Crippen LogP contribution in [-0.4, -0.2) is 24.8 Å². The van der Waals surface area contributed by atoms with Crippen molar-refractivity contribution < 1.29 is 22.5 Å². The maximum Gasteiger partial charge on any atom is 0.475 e. The molecule has 5 rings (SSSR count). The van der Waals surface area contributed by atoms with Crippen molar-refractivity contribution >= 4 is 7.12 Å². The Morgan fingerprint density at radius 1 is 1.19 bits per heavy atom. The maximum atomic E-state index is 12.7. The first-order valence-electron chi connectivity index (χ1n) is 9.27. The van der Waals surface area contributed by atoms with E-state index in [0.29, 0.717) is 18.3 Å². The van der Waals surface area contributed by atoms with E-state index in [1.807, 2.05) is 0 Å². The molecule has 5 atom stereocenters. The lowest BCUT2D eigenvalue weighted by molar-refractivity contribution is -0.199. The monoisotopic (exact) mass is 367 g/mol. The molecule has 1 saturated heterocycles. The Bertz CT molecular complexity index is 693. The zero-order valence-electron chi connectivity index (χ0n) is 15.3. The van der Waals surface area contributed by atoms with Gasteiger partial charge in [-0.25, -0.2) is 0 Å². The van der Waals surface area contributed by atoms with Crippen molar-refractivity contribution in [1.29, 1.82) is 0 Å². The summed E-state index contributed by atoms with van der Waals surface area (Å²) in [6.07, 6.45) is -1.68. The van der Waals surface area contributed by atoms with Crippen LogP contribution < -0.4 is 5.73 Å². The van der Waals surface area contributed by atoms with E-state index in [0.717, 1.165) is 24.1 Å². The van der Waals surface area contributed by atoms with E-state index < -0.39 is 24.8 Å². The highest BCUT2D eigenvalue weighted by atomic mass is 19.4. The zero-order chi connectivity index (χ0) is 18.9. The van der Waals surface area contributed by atoms with Crippen LogP contribution in [0.15, 0.2) is 24.3 Å². The first kappa shape index (κ1) is 18.3. The highest BCUT2D eigenvalue weighted by Gasteiger charge is 2.68. The number of halogens is 3. The smallest absolute Gasteiger partial charge is 0.404 e.